The minimum Gasteiger partial charge on any atom is -0.494 e. The van der Waals surface area contributed by atoms with Crippen LogP contribution in [0.15, 0.2) is 42.6 Å². The lowest BCUT2D eigenvalue weighted by atomic mass is 10.2. The highest BCUT2D eigenvalue weighted by Gasteiger charge is 2.07. The number of pyridine rings is 1. The van der Waals surface area contributed by atoms with E-state index in [-0.39, 0.29) is 0 Å². The maximum atomic E-state index is 5.78. The van der Waals surface area contributed by atoms with Crippen molar-refractivity contribution in [1.29, 1.82) is 0 Å². The summed E-state index contributed by atoms with van der Waals surface area (Å²) in [4.78, 5) is 5.37. The van der Waals surface area contributed by atoms with E-state index in [0.29, 0.717) is 5.88 Å². The molecule has 4 heteroatoms. The van der Waals surface area contributed by atoms with Gasteiger partial charge in [-0.2, -0.15) is 0 Å². The van der Waals surface area contributed by atoms with Crippen molar-refractivity contribution in [2.75, 3.05) is 13.7 Å². The second-order valence-corrected chi connectivity index (χ2v) is 6.18. The second kappa shape index (κ2) is 6.79. The second-order valence-electron chi connectivity index (χ2n) is 5.10. The van der Waals surface area contributed by atoms with Crippen LogP contribution >= 0.6 is 11.3 Å². The molecule has 0 saturated carbocycles. The largest absolute Gasteiger partial charge is 0.494 e. The van der Waals surface area contributed by atoms with Crippen LogP contribution in [0.25, 0.3) is 20.5 Å². The Morgan fingerprint density at radius 1 is 1.14 bits per heavy atom. The van der Waals surface area contributed by atoms with E-state index in [1.54, 1.807) is 24.6 Å². The van der Waals surface area contributed by atoms with Gasteiger partial charge in [-0.3, -0.25) is 0 Å². The molecule has 114 valence electrons. The number of ether oxygens (including phenoxy) is 2. The van der Waals surface area contributed by atoms with E-state index in [1.165, 1.54) is 15.0 Å². The van der Waals surface area contributed by atoms with E-state index in [4.69, 9.17) is 9.47 Å². The van der Waals surface area contributed by atoms with Crippen LogP contribution < -0.4 is 9.47 Å². The van der Waals surface area contributed by atoms with Crippen LogP contribution in [-0.4, -0.2) is 18.7 Å². The van der Waals surface area contributed by atoms with Gasteiger partial charge in [0.15, 0.2) is 0 Å². The minimum atomic E-state index is 0.638. The summed E-state index contributed by atoms with van der Waals surface area (Å²) in [5.74, 6) is 1.58. The fourth-order valence-corrected chi connectivity index (χ4v) is 3.34. The molecule has 2 aromatic heterocycles. The molecule has 2 heterocycles. The molecular weight excluding hydrogens is 294 g/mol. The van der Waals surface area contributed by atoms with E-state index >= 15 is 0 Å². The molecule has 0 aliphatic rings. The average molecular weight is 313 g/mol. The first-order valence-corrected chi connectivity index (χ1v) is 8.28. The molecular formula is C18H19NO2S. The zero-order valence-corrected chi connectivity index (χ0v) is 13.7. The third-order valence-electron chi connectivity index (χ3n) is 3.49. The topological polar surface area (TPSA) is 31.4 Å². The van der Waals surface area contributed by atoms with Crippen molar-refractivity contribution < 1.29 is 9.47 Å². The van der Waals surface area contributed by atoms with Gasteiger partial charge in [-0.1, -0.05) is 13.3 Å². The first-order valence-electron chi connectivity index (χ1n) is 7.47. The number of unbranched alkanes of at least 4 members (excludes halogenated alkanes) is 1. The van der Waals surface area contributed by atoms with Gasteiger partial charge in [0.1, 0.15) is 5.75 Å². The molecule has 0 fully saturated rings. The Morgan fingerprint density at radius 2 is 2.05 bits per heavy atom. The van der Waals surface area contributed by atoms with Crippen molar-refractivity contribution in [1.82, 2.24) is 4.98 Å². The number of rotatable bonds is 6. The summed E-state index contributed by atoms with van der Waals surface area (Å²) >= 11 is 1.76. The predicted molar refractivity (Wildman–Crippen MR) is 92.0 cm³/mol. The van der Waals surface area contributed by atoms with Crippen LogP contribution in [0.4, 0.5) is 0 Å². The van der Waals surface area contributed by atoms with Gasteiger partial charge in [-0.15, -0.1) is 11.3 Å². The normalized spacial score (nSPS) is 10.8. The Hall–Kier alpha value is -2.07. The Balaban J connectivity index is 1.88. The number of hydrogen-bond donors (Lipinski definition) is 0. The number of methoxy groups -OCH3 is 1. The third kappa shape index (κ3) is 3.22. The fourth-order valence-electron chi connectivity index (χ4n) is 2.25. The van der Waals surface area contributed by atoms with Gasteiger partial charge in [-0.25, -0.2) is 4.98 Å². The summed E-state index contributed by atoms with van der Waals surface area (Å²) in [5, 5.41) is 1.23. The summed E-state index contributed by atoms with van der Waals surface area (Å²) < 4.78 is 12.2. The lowest BCUT2D eigenvalue weighted by Gasteiger charge is -2.04. The molecule has 0 aliphatic heterocycles. The van der Waals surface area contributed by atoms with Gasteiger partial charge in [-0.05, 0) is 47.7 Å². The number of thiophene rings is 1. The lowest BCUT2D eigenvalue weighted by Crippen LogP contribution is -1.95. The fraction of sp³-hybridized carbons (Fsp3) is 0.278. The number of nitrogens with zero attached hydrogens (tertiary/aromatic N) is 1. The zero-order valence-electron chi connectivity index (χ0n) is 12.8. The van der Waals surface area contributed by atoms with Crippen molar-refractivity contribution in [2.24, 2.45) is 0 Å². The van der Waals surface area contributed by atoms with Crippen LogP contribution in [0.2, 0.25) is 0 Å². The van der Waals surface area contributed by atoms with E-state index in [0.717, 1.165) is 30.8 Å². The summed E-state index contributed by atoms with van der Waals surface area (Å²) in [6, 6.07) is 12.5. The highest BCUT2D eigenvalue weighted by atomic mass is 32.1. The molecule has 3 rings (SSSR count). The molecule has 0 spiro atoms. The molecule has 0 N–H and O–H groups in total. The summed E-state index contributed by atoms with van der Waals surface area (Å²) in [7, 11) is 1.64. The first kappa shape index (κ1) is 14.9. The minimum absolute atomic E-state index is 0.638. The van der Waals surface area contributed by atoms with Gasteiger partial charge in [0.2, 0.25) is 5.88 Å². The number of aromatic nitrogens is 1. The van der Waals surface area contributed by atoms with Crippen LogP contribution in [-0.2, 0) is 0 Å². The first-order chi connectivity index (χ1) is 10.8. The summed E-state index contributed by atoms with van der Waals surface area (Å²) in [6.07, 6.45) is 4.01. The standard InChI is InChI=1S/C18H19NO2S/c1-3-4-9-21-15-6-5-13-10-16(22-17(13)12-15)14-7-8-19-18(11-14)20-2/h5-8,10-12H,3-4,9H2,1-2H3. The molecule has 22 heavy (non-hydrogen) atoms. The number of hydrogen-bond acceptors (Lipinski definition) is 4. The van der Waals surface area contributed by atoms with Crippen LogP contribution in [0, 0.1) is 0 Å². The smallest absolute Gasteiger partial charge is 0.213 e. The van der Waals surface area contributed by atoms with Crippen molar-refractivity contribution in [3.05, 3.63) is 42.6 Å². The maximum Gasteiger partial charge on any atom is 0.213 e. The Kier molecular flexibility index (Phi) is 4.59. The SMILES string of the molecule is CCCCOc1ccc2cc(-c3ccnc(OC)c3)sc2c1. The summed E-state index contributed by atoms with van der Waals surface area (Å²) in [6.45, 7) is 2.95. The maximum absolute atomic E-state index is 5.78. The Morgan fingerprint density at radius 3 is 2.86 bits per heavy atom. The molecule has 3 nitrogen and oxygen atoms in total. The average Bonchev–Trinajstić information content (AvgIpc) is 2.98. The Bertz CT molecular complexity index is 767. The van der Waals surface area contributed by atoms with E-state index in [9.17, 15) is 0 Å². The van der Waals surface area contributed by atoms with Crippen LogP contribution in [0.3, 0.4) is 0 Å². The van der Waals surface area contributed by atoms with Crippen molar-refractivity contribution in [2.45, 2.75) is 19.8 Å². The van der Waals surface area contributed by atoms with Crippen LogP contribution in [0.1, 0.15) is 19.8 Å². The molecule has 0 bridgehead atoms. The molecule has 0 amide bonds. The molecule has 1 aromatic carbocycles. The van der Waals surface area contributed by atoms with Crippen molar-refractivity contribution in [3.63, 3.8) is 0 Å². The highest BCUT2D eigenvalue weighted by molar-refractivity contribution is 7.22. The van der Waals surface area contributed by atoms with Crippen LogP contribution in [0.5, 0.6) is 11.6 Å². The predicted octanol–water partition coefficient (Wildman–Crippen LogP) is 5.15. The highest BCUT2D eigenvalue weighted by Crippen LogP contribution is 2.36. The molecule has 0 atom stereocenters. The van der Waals surface area contributed by atoms with Gasteiger partial charge in [0.25, 0.3) is 0 Å². The molecule has 0 aliphatic carbocycles. The molecule has 0 unspecified atom stereocenters. The Labute approximate surface area is 134 Å². The number of benzene rings is 1. The quantitative estimate of drug-likeness (QED) is 0.590. The van der Waals surface area contributed by atoms with E-state index in [2.05, 4.69) is 30.1 Å². The van der Waals surface area contributed by atoms with Gasteiger partial charge < -0.3 is 9.47 Å². The van der Waals surface area contributed by atoms with Gasteiger partial charge in [0, 0.05) is 21.8 Å². The molecule has 3 aromatic rings. The van der Waals surface area contributed by atoms with E-state index in [1.807, 2.05) is 18.2 Å². The van der Waals surface area contributed by atoms with Gasteiger partial charge >= 0.3 is 0 Å². The lowest BCUT2D eigenvalue weighted by molar-refractivity contribution is 0.310. The molecule has 0 radical (unpaired) electrons. The van der Waals surface area contributed by atoms with E-state index < -0.39 is 0 Å². The zero-order chi connectivity index (χ0) is 15.4. The number of fused-ring (bicyclic) bond motifs is 1. The third-order valence-corrected chi connectivity index (χ3v) is 4.63. The molecule has 0 saturated heterocycles. The van der Waals surface area contributed by atoms with Crippen molar-refractivity contribution in [3.8, 4) is 22.1 Å². The van der Waals surface area contributed by atoms with Crippen molar-refractivity contribution >= 4 is 21.4 Å². The monoisotopic (exact) mass is 313 g/mol. The summed E-state index contributed by atoms with van der Waals surface area (Å²) in [5.41, 5.74) is 1.13. The van der Waals surface area contributed by atoms with Gasteiger partial charge in [0.05, 0.1) is 13.7 Å².